The van der Waals surface area contributed by atoms with Crippen LogP contribution in [0.15, 0.2) is 60.8 Å². The number of carbonyl (C=O) groups is 2. The van der Waals surface area contributed by atoms with Crippen LogP contribution in [0.5, 0.6) is 0 Å². The molecule has 0 aliphatic carbocycles. The van der Waals surface area contributed by atoms with Crippen molar-refractivity contribution in [2.24, 2.45) is 0 Å². The summed E-state index contributed by atoms with van der Waals surface area (Å²) in [6.07, 6.45) is 1.53. The molecule has 0 bridgehead atoms. The van der Waals surface area contributed by atoms with Crippen LogP contribution < -0.4 is 9.80 Å². The number of para-hydroxylation sites is 2. The number of piperazine rings is 1. The molecule has 8 heteroatoms. The molecule has 33 heavy (non-hydrogen) atoms. The average Bonchev–Trinajstić information content (AvgIpc) is 2.94. The Morgan fingerprint density at radius 2 is 1.58 bits per heavy atom. The van der Waals surface area contributed by atoms with Crippen LogP contribution in [-0.4, -0.2) is 78.4 Å². The van der Waals surface area contributed by atoms with Gasteiger partial charge in [-0.05, 0) is 19.2 Å². The lowest BCUT2D eigenvalue weighted by molar-refractivity contribution is -0.119. The van der Waals surface area contributed by atoms with E-state index < -0.39 is 0 Å². The first kappa shape index (κ1) is 21.2. The SMILES string of the molecule is CN1CCN(CC(=O)N2c3ccccc3N(C)C(=O)c3cnc(-c4ccccc4)nc32)CC1. The van der Waals surface area contributed by atoms with Crippen molar-refractivity contribution in [3.05, 3.63) is 66.4 Å². The molecule has 1 aromatic heterocycles. The van der Waals surface area contributed by atoms with Crippen LogP contribution in [0.3, 0.4) is 0 Å². The Balaban J connectivity index is 1.62. The monoisotopic (exact) mass is 442 g/mol. The van der Waals surface area contributed by atoms with Crippen molar-refractivity contribution < 1.29 is 9.59 Å². The van der Waals surface area contributed by atoms with Gasteiger partial charge in [-0.25, -0.2) is 9.97 Å². The fourth-order valence-corrected chi connectivity index (χ4v) is 4.28. The highest BCUT2D eigenvalue weighted by atomic mass is 16.2. The third kappa shape index (κ3) is 3.99. The standard InChI is InChI=1S/C25H26N6O2/c1-28-12-14-30(15-13-28)17-22(32)31-21-11-7-6-10-20(21)29(2)25(33)19-16-26-23(27-24(19)31)18-8-4-3-5-9-18/h3-11,16H,12-15,17H2,1-2H3. The van der Waals surface area contributed by atoms with Crippen molar-refractivity contribution in [1.82, 2.24) is 19.8 Å². The van der Waals surface area contributed by atoms with Crippen LogP contribution in [-0.2, 0) is 4.79 Å². The van der Waals surface area contributed by atoms with Crippen LogP contribution in [0, 0.1) is 0 Å². The van der Waals surface area contributed by atoms with Gasteiger partial charge in [-0.15, -0.1) is 0 Å². The third-order valence-corrected chi connectivity index (χ3v) is 6.24. The van der Waals surface area contributed by atoms with Crippen molar-refractivity contribution in [3.63, 3.8) is 0 Å². The van der Waals surface area contributed by atoms with Crippen molar-refractivity contribution in [1.29, 1.82) is 0 Å². The summed E-state index contributed by atoms with van der Waals surface area (Å²) in [5.74, 6) is 0.437. The molecule has 2 aromatic carbocycles. The topological polar surface area (TPSA) is 72.9 Å². The van der Waals surface area contributed by atoms with E-state index in [1.165, 1.54) is 6.20 Å². The van der Waals surface area contributed by atoms with Gasteiger partial charge in [0.1, 0.15) is 5.56 Å². The van der Waals surface area contributed by atoms with E-state index in [-0.39, 0.29) is 18.4 Å². The van der Waals surface area contributed by atoms with Crippen molar-refractivity contribution >= 4 is 29.0 Å². The molecule has 0 atom stereocenters. The molecular formula is C25H26N6O2. The molecule has 2 amide bonds. The lowest BCUT2D eigenvalue weighted by atomic mass is 10.2. The second-order valence-corrected chi connectivity index (χ2v) is 8.46. The van der Waals surface area contributed by atoms with Gasteiger partial charge in [0, 0.05) is 45.0 Å². The van der Waals surface area contributed by atoms with Gasteiger partial charge in [0.15, 0.2) is 11.6 Å². The van der Waals surface area contributed by atoms with Gasteiger partial charge < -0.3 is 9.80 Å². The molecule has 1 saturated heterocycles. The summed E-state index contributed by atoms with van der Waals surface area (Å²) in [6.45, 7) is 3.74. The minimum absolute atomic E-state index is 0.117. The van der Waals surface area contributed by atoms with E-state index in [1.807, 2.05) is 54.6 Å². The molecule has 0 spiro atoms. The molecule has 8 nitrogen and oxygen atoms in total. The Hall–Kier alpha value is -3.62. The summed E-state index contributed by atoms with van der Waals surface area (Å²) in [4.78, 5) is 43.9. The molecule has 168 valence electrons. The van der Waals surface area contributed by atoms with E-state index >= 15 is 0 Å². The van der Waals surface area contributed by atoms with Gasteiger partial charge in [-0.3, -0.25) is 19.4 Å². The zero-order valence-corrected chi connectivity index (χ0v) is 18.8. The van der Waals surface area contributed by atoms with E-state index in [0.717, 1.165) is 31.7 Å². The van der Waals surface area contributed by atoms with E-state index in [4.69, 9.17) is 4.98 Å². The number of benzene rings is 2. The van der Waals surface area contributed by atoms with Crippen LogP contribution >= 0.6 is 0 Å². The minimum atomic E-state index is -0.244. The number of nitrogens with zero attached hydrogens (tertiary/aromatic N) is 6. The number of carbonyl (C=O) groups excluding carboxylic acids is 2. The van der Waals surface area contributed by atoms with Crippen molar-refractivity contribution in [2.75, 3.05) is 56.6 Å². The van der Waals surface area contributed by atoms with E-state index in [2.05, 4.69) is 21.8 Å². The van der Waals surface area contributed by atoms with Gasteiger partial charge in [-0.1, -0.05) is 42.5 Å². The largest absolute Gasteiger partial charge is 0.309 e. The minimum Gasteiger partial charge on any atom is -0.309 e. The van der Waals surface area contributed by atoms with Gasteiger partial charge in [-0.2, -0.15) is 0 Å². The molecule has 2 aliphatic heterocycles. The van der Waals surface area contributed by atoms with Gasteiger partial charge >= 0.3 is 0 Å². The Labute approximate surface area is 193 Å². The molecule has 1 fully saturated rings. The van der Waals surface area contributed by atoms with Crippen LogP contribution in [0.25, 0.3) is 11.4 Å². The molecule has 0 radical (unpaired) electrons. The first-order chi connectivity index (χ1) is 16.0. The molecule has 0 N–H and O–H groups in total. The fraction of sp³-hybridized carbons (Fsp3) is 0.280. The maximum Gasteiger partial charge on any atom is 0.263 e. The molecule has 0 saturated carbocycles. The highest BCUT2D eigenvalue weighted by Gasteiger charge is 2.35. The molecule has 0 unspecified atom stereocenters. The molecule has 3 aromatic rings. The average molecular weight is 443 g/mol. The number of anilines is 3. The second kappa shape index (κ2) is 8.73. The number of likely N-dealkylation sites (N-methyl/N-ethyl adjacent to an activating group) is 1. The number of fused-ring (bicyclic) bond motifs is 2. The Bertz CT molecular complexity index is 1190. The predicted molar refractivity (Wildman–Crippen MR) is 128 cm³/mol. The maximum absolute atomic E-state index is 13.8. The smallest absolute Gasteiger partial charge is 0.263 e. The van der Waals surface area contributed by atoms with Crippen LogP contribution in [0.4, 0.5) is 17.2 Å². The summed E-state index contributed by atoms with van der Waals surface area (Å²) >= 11 is 0. The maximum atomic E-state index is 13.8. The quantitative estimate of drug-likeness (QED) is 0.621. The van der Waals surface area contributed by atoms with Gasteiger partial charge in [0.05, 0.1) is 17.9 Å². The first-order valence-electron chi connectivity index (χ1n) is 11.1. The Kier molecular flexibility index (Phi) is 5.62. The second-order valence-electron chi connectivity index (χ2n) is 8.46. The van der Waals surface area contributed by atoms with Gasteiger partial charge in [0.2, 0.25) is 5.91 Å². The Morgan fingerprint density at radius 3 is 2.30 bits per heavy atom. The first-order valence-corrected chi connectivity index (χ1v) is 11.1. The summed E-state index contributed by atoms with van der Waals surface area (Å²) in [5, 5.41) is 0. The normalized spacial score (nSPS) is 16.8. The molecular weight excluding hydrogens is 416 g/mol. The van der Waals surface area contributed by atoms with Crippen LogP contribution in [0.1, 0.15) is 10.4 Å². The zero-order chi connectivity index (χ0) is 22.9. The molecule has 5 rings (SSSR count). The van der Waals surface area contributed by atoms with Crippen LogP contribution in [0.2, 0.25) is 0 Å². The zero-order valence-electron chi connectivity index (χ0n) is 18.8. The van der Waals surface area contributed by atoms with Crippen molar-refractivity contribution in [2.45, 2.75) is 0 Å². The highest BCUT2D eigenvalue weighted by molar-refractivity contribution is 6.18. The highest BCUT2D eigenvalue weighted by Crippen LogP contribution is 2.39. The number of hydrogen-bond acceptors (Lipinski definition) is 6. The predicted octanol–water partition coefficient (Wildman–Crippen LogP) is 2.65. The summed E-state index contributed by atoms with van der Waals surface area (Å²) in [5.41, 5.74) is 2.43. The number of hydrogen-bond donors (Lipinski definition) is 0. The lowest BCUT2D eigenvalue weighted by Gasteiger charge is -2.33. The summed E-state index contributed by atoms with van der Waals surface area (Å²) < 4.78 is 0. The molecule has 2 aliphatic rings. The number of rotatable bonds is 3. The van der Waals surface area contributed by atoms with E-state index in [9.17, 15) is 9.59 Å². The van der Waals surface area contributed by atoms with E-state index in [1.54, 1.807) is 16.8 Å². The molecule has 3 heterocycles. The Morgan fingerprint density at radius 1 is 0.909 bits per heavy atom. The van der Waals surface area contributed by atoms with E-state index in [0.29, 0.717) is 28.6 Å². The lowest BCUT2D eigenvalue weighted by Crippen LogP contribution is -2.48. The number of aromatic nitrogens is 2. The third-order valence-electron chi connectivity index (χ3n) is 6.24. The summed E-state index contributed by atoms with van der Waals surface area (Å²) in [7, 11) is 3.80. The summed E-state index contributed by atoms with van der Waals surface area (Å²) in [6, 6.07) is 17.0. The fourth-order valence-electron chi connectivity index (χ4n) is 4.28. The number of amides is 2. The van der Waals surface area contributed by atoms with Gasteiger partial charge in [0.25, 0.3) is 5.91 Å². The van der Waals surface area contributed by atoms with Crippen molar-refractivity contribution in [3.8, 4) is 11.4 Å².